The number of hydrogen-bond donors (Lipinski definition) is 0. The van der Waals surface area contributed by atoms with Gasteiger partial charge in [0.1, 0.15) is 5.75 Å². The molecule has 0 saturated carbocycles. The fourth-order valence-corrected chi connectivity index (χ4v) is 3.62. The number of halogens is 1. The van der Waals surface area contributed by atoms with Crippen molar-refractivity contribution in [3.05, 3.63) is 66.5 Å². The van der Waals surface area contributed by atoms with E-state index in [-0.39, 0.29) is 6.42 Å². The maximum absolute atomic E-state index is 14.4. The smallest absolute Gasteiger partial charge is 0.348 e. The van der Waals surface area contributed by atoms with E-state index in [0.29, 0.717) is 18.0 Å². The van der Waals surface area contributed by atoms with Crippen molar-refractivity contribution in [2.45, 2.75) is 65.0 Å². The molecule has 0 radical (unpaired) electrons. The van der Waals surface area contributed by atoms with Crippen molar-refractivity contribution in [2.24, 2.45) is 0 Å². The van der Waals surface area contributed by atoms with E-state index in [1.54, 1.807) is 12.1 Å². The number of carbonyl (C=O) groups excluding carboxylic acids is 1. The number of aromatic nitrogens is 2. The summed E-state index contributed by atoms with van der Waals surface area (Å²) in [6.45, 7) is 5.29. The average Bonchev–Trinajstić information content (AvgIpc) is 2.80. The van der Waals surface area contributed by atoms with E-state index in [9.17, 15) is 9.18 Å². The normalized spacial score (nSPS) is 12.9. The lowest BCUT2D eigenvalue weighted by Crippen LogP contribution is -2.34. The van der Waals surface area contributed by atoms with Crippen molar-refractivity contribution >= 4 is 5.97 Å². The summed E-state index contributed by atoms with van der Waals surface area (Å²) < 4.78 is 19.6. The fourth-order valence-electron chi connectivity index (χ4n) is 3.62. The first-order valence-corrected chi connectivity index (χ1v) is 11.4. The molecule has 3 rings (SSSR count). The molecule has 0 amide bonds. The van der Waals surface area contributed by atoms with E-state index in [4.69, 9.17) is 4.74 Å². The Kier molecular flexibility index (Phi) is 8.09. The molecule has 0 N–H and O–H groups in total. The van der Waals surface area contributed by atoms with Gasteiger partial charge in [-0.1, -0.05) is 69.5 Å². The Bertz CT molecular complexity index is 1010. The van der Waals surface area contributed by atoms with Crippen LogP contribution in [0.5, 0.6) is 5.75 Å². The summed E-state index contributed by atoms with van der Waals surface area (Å²) in [6, 6.07) is 15.0. The second-order valence-electron chi connectivity index (χ2n) is 8.28. The zero-order valence-electron chi connectivity index (χ0n) is 19.1. The summed E-state index contributed by atoms with van der Waals surface area (Å²) in [5.41, 5.74) is 2.00. The monoisotopic (exact) mass is 434 g/mol. The average molecular weight is 435 g/mol. The zero-order valence-corrected chi connectivity index (χ0v) is 19.1. The number of hydrogen-bond acceptors (Lipinski definition) is 4. The van der Waals surface area contributed by atoms with Gasteiger partial charge in [-0.25, -0.2) is 19.2 Å². The summed E-state index contributed by atoms with van der Waals surface area (Å²) in [7, 11) is 0. The van der Waals surface area contributed by atoms with Crippen LogP contribution in [0.25, 0.3) is 22.5 Å². The predicted molar refractivity (Wildman–Crippen MR) is 126 cm³/mol. The molecule has 0 aliphatic heterocycles. The number of alkyl halides is 1. The first-order chi connectivity index (χ1) is 15.4. The maximum Gasteiger partial charge on any atom is 0.348 e. The minimum absolute atomic E-state index is 0.134. The topological polar surface area (TPSA) is 52.1 Å². The Balaban J connectivity index is 1.78. The van der Waals surface area contributed by atoms with Gasteiger partial charge < -0.3 is 4.74 Å². The third-order valence-electron chi connectivity index (χ3n) is 5.46. The van der Waals surface area contributed by atoms with E-state index >= 15 is 0 Å². The molecule has 0 aliphatic rings. The highest BCUT2D eigenvalue weighted by atomic mass is 19.1. The Morgan fingerprint density at radius 2 is 1.59 bits per heavy atom. The summed E-state index contributed by atoms with van der Waals surface area (Å²) in [5, 5.41) is 0. The van der Waals surface area contributed by atoms with Gasteiger partial charge in [0.05, 0.1) is 0 Å². The molecular weight excluding hydrogens is 403 g/mol. The molecule has 168 valence electrons. The van der Waals surface area contributed by atoms with Crippen LogP contribution in [0.4, 0.5) is 4.39 Å². The maximum atomic E-state index is 14.4. The number of aryl methyl sites for hydroxylation is 1. The van der Waals surface area contributed by atoms with Gasteiger partial charge in [-0.3, -0.25) is 0 Å². The van der Waals surface area contributed by atoms with Crippen LogP contribution >= 0.6 is 0 Å². The molecule has 32 heavy (non-hydrogen) atoms. The molecule has 1 atom stereocenters. The quantitative estimate of drug-likeness (QED) is 0.196. The summed E-state index contributed by atoms with van der Waals surface area (Å²) >= 11 is 0. The third-order valence-corrected chi connectivity index (χ3v) is 5.46. The van der Waals surface area contributed by atoms with Gasteiger partial charge in [0.15, 0.2) is 5.82 Å². The van der Waals surface area contributed by atoms with Gasteiger partial charge in [-0.05, 0) is 55.0 Å². The fraction of sp³-hybridized carbons (Fsp3) is 0.370. The molecule has 1 unspecified atom stereocenters. The van der Waals surface area contributed by atoms with Crippen molar-refractivity contribution < 1.29 is 13.9 Å². The third kappa shape index (κ3) is 6.00. The molecule has 0 aliphatic carbocycles. The van der Waals surface area contributed by atoms with Gasteiger partial charge in [-0.2, -0.15) is 0 Å². The van der Waals surface area contributed by atoms with Gasteiger partial charge in [0.2, 0.25) is 5.67 Å². The van der Waals surface area contributed by atoms with Gasteiger partial charge in [0.25, 0.3) is 0 Å². The number of rotatable bonds is 10. The lowest BCUT2D eigenvalue weighted by molar-refractivity contribution is -0.147. The van der Waals surface area contributed by atoms with Crippen LogP contribution < -0.4 is 4.74 Å². The van der Waals surface area contributed by atoms with Crippen LogP contribution in [0.1, 0.15) is 58.4 Å². The van der Waals surface area contributed by atoms with Crippen LogP contribution in [0.15, 0.2) is 60.9 Å². The molecule has 0 spiro atoms. The van der Waals surface area contributed by atoms with E-state index < -0.39 is 11.6 Å². The zero-order chi connectivity index (χ0) is 23.0. The van der Waals surface area contributed by atoms with E-state index in [1.165, 1.54) is 19.8 Å². The number of benzene rings is 2. The van der Waals surface area contributed by atoms with Crippen molar-refractivity contribution in [3.8, 4) is 28.3 Å². The number of nitrogens with zero attached hydrogens (tertiary/aromatic N) is 2. The molecule has 0 saturated heterocycles. The van der Waals surface area contributed by atoms with E-state index in [1.807, 2.05) is 55.7 Å². The Hall–Kier alpha value is -3.08. The molecule has 5 heteroatoms. The second kappa shape index (κ2) is 11.0. The molecule has 1 heterocycles. The van der Waals surface area contributed by atoms with Crippen LogP contribution in [0, 0.1) is 0 Å². The van der Waals surface area contributed by atoms with E-state index in [0.717, 1.165) is 35.1 Å². The first-order valence-electron chi connectivity index (χ1n) is 11.4. The molecular formula is C27H31FN2O2. The molecule has 4 nitrogen and oxygen atoms in total. The Morgan fingerprint density at radius 1 is 0.938 bits per heavy atom. The first kappa shape index (κ1) is 23.6. The molecule has 3 aromatic rings. The number of unbranched alkanes of at least 4 members (excludes halogenated alkanes) is 2. The van der Waals surface area contributed by atoms with E-state index in [2.05, 4.69) is 16.9 Å². The standard InChI is InChI=1S/C27H31FN2O2/c1-4-6-7-10-20-18-29-25(30-19-20)24-12-9-8-11-23(24)21-13-15-22(16-14-21)32-26(31)27(3,28)17-5-2/h8-9,11-16,18-19H,4-7,10,17H2,1-3H3. The SMILES string of the molecule is CCCCCc1cnc(-c2ccccc2-c2ccc(OC(=O)C(C)(F)CCC)cc2)nc1. The Labute approximate surface area is 189 Å². The van der Waals surface area contributed by atoms with Gasteiger partial charge in [-0.15, -0.1) is 0 Å². The van der Waals surface area contributed by atoms with Crippen LogP contribution in [-0.4, -0.2) is 21.6 Å². The highest BCUT2D eigenvalue weighted by molar-refractivity contribution is 5.82. The number of esters is 1. The van der Waals surface area contributed by atoms with Crippen LogP contribution in [-0.2, 0) is 11.2 Å². The van der Waals surface area contributed by atoms with Crippen molar-refractivity contribution in [2.75, 3.05) is 0 Å². The molecule has 2 aromatic carbocycles. The van der Waals surface area contributed by atoms with Crippen molar-refractivity contribution in [1.82, 2.24) is 9.97 Å². The molecule has 0 fully saturated rings. The molecule has 1 aromatic heterocycles. The lowest BCUT2D eigenvalue weighted by atomic mass is 9.99. The van der Waals surface area contributed by atoms with Crippen molar-refractivity contribution in [1.29, 1.82) is 0 Å². The van der Waals surface area contributed by atoms with Crippen LogP contribution in [0.2, 0.25) is 0 Å². The Morgan fingerprint density at radius 3 is 2.22 bits per heavy atom. The summed E-state index contributed by atoms with van der Waals surface area (Å²) in [6.07, 6.45) is 9.05. The summed E-state index contributed by atoms with van der Waals surface area (Å²) in [4.78, 5) is 21.3. The van der Waals surface area contributed by atoms with Crippen molar-refractivity contribution in [3.63, 3.8) is 0 Å². The lowest BCUT2D eigenvalue weighted by Gasteiger charge is -2.17. The molecule has 0 bridgehead atoms. The predicted octanol–water partition coefficient (Wildman–Crippen LogP) is 6.98. The minimum Gasteiger partial charge on any atom is -0.424 e. The van der Waals surface area contributed by atoms with Gasteiger partial charge >= 0.3 is 5.97 Å². The van der Waals surface area contributed by atoms with Crippen LogP contribution in [0.3, 0.4) is 0 Å². The summed E-state index contributed by atoms with van der Waals surface area (Å²) in [5.74, 6) is 0.131. The minimum atomic E-state index is -1.99. The largest absolute Gasteiger partial charge is 0.424 e. The highest BCUT2D eigenvalue weighted by Gasteiger charge is 2.34. The highest BCUT2D eigenvalue weighted by Crippen LogP contribution is 2.31. The van der Waals surface area contributed by atoms with Gasteiger partial charge in [0, 0.05) is 18.0 Å². The second-order valence-corrected chi connectivity index (χ2v) is 8.28. The number of ether oxygens (including phenoxy) is 1. The number of carbonyl (C=O) groups is 1.